The number of aliphatic hydroxyl groups excluding tert-OH is 1. The van der Waals surface area contributed by atoms with Gasteiger partial charge in [0, 0.05) is 32.7 Å². The number of nitrogens with two attached hydrogens (primary N) is 1. The zero-order valence-electron chi connectivity index (χ0n) is 11.1. The average molecular weight is 241 g/mol. The van der Waals surface area contributed by atoms with Crippen LogP contribution in [0.1, 0.15) is 26.2 Å². The van der Waals surface area contributed by atoms with E-state index in [2.05, 4.69) is 16.7 Å². The summed E-state index contributed by atoms with van der Waals surface area (Å²) in [5.74, 6) is 0.557. The highest BCUT2D eigenvalue weighted by atomic mass is 16.3. The third-order valence-electron chi connectivity index (χ3n) is 4.21. The van der Waals surface area contributed by atoms with Crippen LogP contribution in [-0.2, 0) is 0 Å². The highest BCUT2D eigenvalue weighted by molar-refractivity contribution is 5.00. The molecule has 3 N–H and O–H groups in total. The average Bonchev–Trinajstić information content (AvgIpc) is 3.16. The van der Waals surface area contributed by atoms with Crippen LogP contribution < -0.4 is 5.73 Å². The standard InChI is InChI=1S/C13H27N3O/c1-2-5-15-6-8-16(9-7-15)10-13(14,11-17)12-3-4-12/h12,17H,2-11,14H2,1H3. The summed E-state index contributed by atoms with van der Waals surface area (Å²) in [6.45, 7) is 8.96. The highest BCUT2D eigenvalue weighted by Crippen LogP contribution is 2.38. The van der Waals surface area contributed by atoms with E-state index in [0.29, 0.717) is 5.92 Å². The van der Waals surface area contributed by atoms with E-state index < -0.39 is 0 Å². The van der Waals surface area contributed by atoms with Gasteiger partial charge in [0.1, 0.15) is 0 Å². The zero-order chi connectivity index (χ0) is 12.3. The normalized spacial score (nSPS) is 27.0. The van der Waals surface area contributed by atoms with Crippen LogP contribution in [0.25, 0.3) is 0 Å². The molecule has 2 rings (SSSR count). The Hall–Kier alpha value is -0.160. The molecule has 1 aliphatic carbocycles. The molecule has 0 bridgehead atoms. The van der Waals surface area contributed by atoms with Crippen molar-refractivity contribution in [2.45, 2.75) is 31.7 Å². The number of hydrogen-bond acceptors (Lipinski definition) is 4. The highest BCUT2D eigenvalue weighted by Gasteiger charge is 2.43. The molecule has 1 saturated carbocycles. The van der Waals surface area contributed by atoms with Crippen molar-refractivity contribution in [2.24, 2.45) is 11.7 Å². The summed E-state index contributed by atoms with van der Waals surface area (Å²) in [5, 5.41) is 9.50. The lowest BCUT2D eigenvalue weighted by Crippen LogP contribution is -2.58. The fourth-order valence-electron chi connectivity index (χ4n) is 2.87. The second-order valence-electron chi connectivity index (χ2n) is 5.78. The molecule has 0 aromatic heterocycles. The monoisotopic (exact) mass is 241 g/mol. The first-order chi connectivity index (χ1) is 8.18. The Morgan fingerprint density at radius 3 is 2.24 bits per heavy atom. The minimum atomic E-state index is -0.340. The van der Waals surface area contributed by atoms with E-state index >= 15 is 0 Å². The predicted molar refractivity (Wildman–Crippen MR) is 69.9 cm³/mol. The fourth-order valence-corrected chi connectivity index (χ4v) is 2.87. The van der Waals surface area contributed by atoms with Gasteiger partial charge in [-0.2, -0.15) is 0 Å². The minimum absolute atomic E-state index is 0.132. The quantitative estimate of drug-likeness (QED) is 0.693. The lowest BCUT2D eigenvalue weighted by atomic mass is 9.94. The Bertz CT molecular complexity index is 237. The van der Waals surface area contributed by atoms with E-state index in [-0.39, 0.29) is 12.1 Å². The molecule has 1 heterocycles. The van der Waals surface area contributed by atoms with Crippen LogP contribution in [0.15, 0.2) is 0 Å². The molecule has 4 heteroatoms. The largest absolute Gasteiger partial charge is 0.394 e. The van der Waals surface area contributed by atoms with Crippen LogP contribution in [0, 0.1) is 5.92 Å². The van der Waals surface area contributed by atoms with E-state index in [1.54, 1.807) is 0 Å². The number of aliphatic hydroxyl groups is 1. The molecule has 4 nitrogen and oxygen atoms in total. The number of rotatable bonds is 6. The van der Waals surface area contributed by atoms with Gasteiger partial charge in [-0.15, -0.1) is 0 Å². The van der Waals surface area contributed by atoms with Crippen molar-refractivity contribution in [3.63, 3.8) is 0 Å². The first-order valence-corrected chi connectivity index (χ1v) is 7.02. The molecular weight excluding hydrogens is 214 g/mol. The second kappa shape index (κ2) is 5.65. The van der Waals surface area contributed by atoms with Gasteiger partial charge in [-0.25, -0.2) is 0 Å². The smallest absolute Gasteiger partial charge is 0.0626 e. The van der Waals surface area contributed by atoms with Crippen molar-refractivity contribution in [3.8, 4) is 0 Å². The molecule has 100 valence electrons. The summed E-state index contributed by atoms with van der Waals surface area (Å²) in [6, 6.07) is 0. The lowest BCUT2D eigenvalue weighted by Gasteiger charge is -2.39. The third-order valence-corrected chi connectivity index (χ3v) is 4.21. The lowest BCUT2D eigenvalue weighted by molar-refractivity contribution is 0.0789. The van der Waals surface area contributed by atoms with Crippen molar-refractivity contribution in [3.05, 3.63) is 0 Å². The van der Waals surface area contributed by atoms with Crippen molar-refractivity contribution >= 4 is 0 Å². The van der Waals surface area contributed by atoms with Crippen molar-refractivity contribution < 1.29 is 5.11 Å². The molecule has 2 aliphatic rings. The first-order valence-electron chi connectivity index (χ1n) is 7.02. The van der Waals surface area contributed by atoms with Gasteiger partial charge >= 0.3 is 0 Å². The van der Waals surface area contributed by atoms with Gasteiger partial charge in [-0.05, 0) is 31.7 Å². The summed E-state index contributed by atoms with van der Waals surface area (Å²) in [6.07, 6.45) is 3.64. The molecule has 2 fully saturated rings. The molecule has 0 radical (unpaired) electrons. The number of hydrogen-bond donors (Lipinski definition) is 2. The zero-order valence-corrected chi connectivity index (χ0v) is 11.1. The maximum Gasteiger partial charge on any atom is 0.0626 e. The molecule has 1 atom stereocenters. The fraction of sp³-hybridized carbons (Fsp3) is 1.00. The van der Waals surface area contributed by atoms with E-state index in [4.69, 9.17) is 5.73 Å². The van der Waals surface area contributed by atoms with Crippen LogP contribution in [0.5, 0.6) is 0 Å². The Kier molecular flexibility index (Phi) is 4.42. The maximum absolute atomic E-state index is 9.50. The van der Waals surface area contributed by atoms with Gasteiger partial charge in [0.15, 0.2) is 0 Å². The number of nitrogens with zero attached hydrogens (tertiary/aromatic N) is 2. The van der Waals surface area contributed by atoms with E-state index in [0.717, 1.165) is 32.7 Å². The molecule has 1 unspecified atom stereocenters. The van der Waals surface area contributed by atoms with Gasteiger partial charge in [-0.3, -0.25) is 4.90 Å². The van der Waals surface area contributed by atoms with Crippen LogP contribution in [0.4, 0.5) is 0 Å². The maximum atomic E-state index is 9.50. The Labute approximate surface area is 105 Å². The Morgan fingerprint density at radius 2 is 1.76 bits per heavy atom. The van der Waals surface area contributed by atoms with Gasteiger partial charge in [0.25, 0.3) is 0 Å². The molecule has 1 saturated heterocycles. The van der Waals surface area contributed by atoms with E-state index in [1.165, 1.54) is 25.8 Å². The van der Waals surface area contributed by atoms with Crippen LogP contribution in [-0.4, -0.2) is 66.3 Å². The molecule has 0 aromatic rings. The van der Waals surface area contributed by atoms with Gasteiger partial charge in [0.2, 0.25) is 0 Å². The minimum Gasteiger partial charge on any atom is -0.394 e. The molecule has 0 aromatic carbocycles. The number of piperazine rings is 1. The van der Waals surface area contributed by atoms with Crippen molar-refractivity contribution in [2.75, 3.05) is 45.9 Å². The van der Waals surface area contributed by atoms with Gasteiger partial charge in [0.05, 0.1) is 12.1 Å². The molecular formula is C13H27N3O. The molecule has 0 amide bonds. The van der Waals surface area contributed by atoms with Crippen molar-refractivity contribution in [1.29, 1.82) is 0 Å². The predicted octanol–water partition coefficient (Wildman–Crippen LogP) is 0.114. The van der Waals surface area contributed by atoms with Crippen LogP contribution in [0.2, 0.25) is 0 Å². The molecule has 17 heavy (non-hydrogen) atoms. The summed E-state index contributed by atoms with van der Waals surface area (Å²) >= 11 is 0. The van der Waals surface area contributed by atoms with Crippen molar-refractivity contribution in [1.82, 2.24) is 9.80 Å². The third kappa shape index (κ3) is 3.41. The van der Waals surface area contributed by atoms with Gasteiger partial charge < -0.3 is 15.7 Å². The van der Waals surface area contributed by atoms with E-state index in [9.17, 15) is 5.11 Å². The van der Waals surface area contributed by atoms with E-state index in [1.807, 2.05) is 0 Å². The summed E-state index contributed by atoms with van der Waals surface area (Å²) < 4.78 is 0. The first kappa shape index (κ1) is 13.3. The van der Waals surface area contributed by atoms with Crippen LogP contribution >= 0.6 is 0 Å². The summed E-state index contributed by atoms with van der Waals surface area (Å²) in [5.41, 5.74) is 5.98. The topological polar surface area (TPSA) is 52.7 Å². The SMILES string of the molecule is CCCN1CCN(CC(N)(CO)C2CC2)CC1. The summed E-state index contributed by atoms with van der Waals surface area (Å²) in [4.78, 5) is 4.95. The Morgan fingerprint density at radius 1 is 1.18 bits per heavy atom. The Balaban J connectivity index is 1.76. The second-order valence-corrected chi connectivity index (χ2v) is 5.78. The molecule has 1 aliphatic heterocycles. The van der Waals surface area contributed by atoms with Crippen LogP contribution in [0.3, 0.4) is 0 Å². The van der Waals surface area contributed by atoms with Gasteiger partial charge in [-0.1, -0.05) is 6.92 Å². The molecule has 0 spiro atoms. The summed E-state index contributed by atoms with van der Waals surface area (Å²) in [7, 11) is 0.